The Morgan fingerprint density at radius 2 is 2.36 bits per heavy atom. The molecule has 0 spiro atoms. The zero-order chi connectivity index (χ0) is 10.1. The number of nitrogens with zero attached hydrogens (tertiary/aromatic N) is 2. The smallest absolute Gasteiger partial charge is 0.356 e. The first kappa shape index (κ1) is 8.99. The maximum absolute atomic E-state index is 10.9. The van der Waals surface area contributed by atoms with Gasteiger partial charge < -0.3 is 10.0 Å². The molecule has 74 valence electrons. The third kappa shape index (κ3) is 1.55. The van der Waals surface area contributed by atoms with E-state index in [0.29, 0.717) is 11.7 Å². The lowest BCUT2D eigenvalue weighted by Crippen LogP contribution is -2.22. The molecule has 1 fully saturated rings. The molecule has 1 heterocycles. The minimum atomic E-state index is -0.965. The molecular weight excluding hydrogens is 180 g/mol. The molecule has 0 amide bonds. The van der Waals surface area contributed by atoms with Crippen molar-refractivity contribution in [1.29, 1.82) is 0 Å². The fraction of sp³-hybridized carbons (Fsp3) is 0.400. The van der Waals surface area contributed by atoms with Crippen molar-refractivity contribution < 1.29 is 9.90 Å². The van der Waals surface area contributed by atoms with Crippen LogP contribution in [0.5, 0.6) is 0 Å². The van der Waals surface area contributed by atoms with Crippen molar-refractivity contribution in [2.45, 2.75) is 18.9 Å². The maximum Gasteiger partial charge on any atom is 0.356 e. The van der Waals surface area contributed by atoms with E-state index in [-0.39, 0.29) is 5.69 Å². The van der Waals surface area contributed by atoms with Gasteiger partial charge in [0.15, 0.2) is 5.69 Å². The lowest BCUT2D eigenvalue weighted by atomic mass is 10.2. The molecule has 1 saturated carbocycles. The Kier molecular flexibility index (Phi) is 2.11. The number of carbonyl (C=O) groups is 1. The van der Waals surface area contributed by atoms with E-state index in [1.54, 1.807) is 12.1 Å². The summed E-state index contributed by atoms with van der Waals surface area (Å²) < 4.78 is 0. The van der Waals surface area contributed by atoms with Crippen molar-refractivity contribution in [1.82, 2.24) is 4.98 Å². The van der Waals surface area contributed by atoms with Gasteiger partial charge >= 0.3 is 5.97 Å². The van der Waals surface area contributed by atoms with Crippen LogP contribution in [0.2, 0.25) is 0 Å². The van der Waals surface area contributed by atoms with Crippen LogP contribution in [0, 0.1) is 0 Å². The second-order valence-corrected chi connectivity index (χ2v) is 3.52. The SMILES string of the molecule is CN(c1cccnc1C(=O)O)C1CC1. The highest BCUT2D eigenvalue weighted by molar-refractivity contribution is 5.92. The summed E-state index contributed by atoms with van der Waals surface area (Å²) in [7, 11) is 1.92. The molecule has 1 aliphatic carbocycles. The van der Waals surface area contributed by atoms with Crippen LogP contribution in [-0.4, -0.2) is 29.1 Å². The van der Waals surface area contributed by atoms with Gasteiger partial charge in [-0.3, -0.25) is 0 Å². The Bertz CT molecular complexity index is 361. The number of aromatic carboxylic acids is 1. The van der Waals surface area contributed by atoms with Gasteiger partial charge in [0.25, 0.3) is 0 Å². The fourth-order valence-corrected chi connectivity index (χ4v) is 1.50. The number of aromatic nitrogens is 1. The van der Waals surface area contributed by atoms with Gasteiger partial charge in [0.2, 0.25) is 0 Å². The van der Waals surface area contributed by atoms with Crippen LogP contribution < -0.4 is 4.90 Å². The molecule has 0 unspecified atom stereocenters. The first-order chi connectivity index (χ1) is 6.70. The molecule has 0 atom stereocenters. The van der Waals surface area contributed by atoms with Gasteiger partial charge in [-0.15, -0.1) is 0 Å². The van der Waals surface area contributed by atoms with Crippen LogP contribution in [0.15, 0.2) is 18.3 Å². The summed E-state index contributed by atoms with van der Waals surface area (Å²) in [6.45, 7) is 0. The molecule has 4 nitrogen and oxygen atoms in total. The van der Waals surface area contributed by atoms with Gasteiger partial charge in [-0.1, -0.05) is 0 Å². The van der Waals surface area contributed by atoms with E-state index >= 15 is 0 Å². The summed E-state index contributed by atoms with van der Waals surface area (Å²) in [6, 6.07) is 4.06. The molecule has 0 aromatic carbocycles. The standard InChI is InChI=1S/C10H12N2O2/c1-12(7-4-5-7)8-3-2-6-11-9(8)10(13)14/h2-3,6-7H,4-5H2,1H3,(H,13,14). The molecule has 0 radical (unpaired) electrons. The number of anilines is 1. The Morgan fingerprint density at radius 3 is 2.93 bits per heavy atom. The quantitative estimate of drug-likeness (QED) is 0.786. The molecule has 2 rings (SSSR count). The normalized spacial score (nSPS) is 15.2. The van der Waals surface area contributed by atoms with Crippen LogP contribution in [0.1, 0.15) is 23.3 Å². The Morgan fingerprint density at radius 1 is 1.64 bits per heavy atom. The van der Waals surface area contributed by atoms with Crippen molar-refractivity contribution in [2.75, 3.05) is 11.9 Å². The first-order valence-corrected chi connectivity index (χ1v) is 4.61. The number of carboxylic acid groups (broad SMARTS) is 1. The van der Waals surface area contributed by atoms with Gasteiger partial charge in [-0.2, -0.15) is 0 Å². The summed E-state index contributed by atoms with van der Waals surface area (Å²) in [5.74, 6) is -0.965. The molecule has 14 heavy (non-hydrogen) atoms. The van der Waals surface area contributed by atoms with Crippen molar-refractivity contribution >= 4 is 11.7 Å². The topological polar surface area (TPSA) is 53.4 Å². The highest BCUT2D eigenvalue weighted by Gasteiger charge is 2.28. The molecule has 4 heteroatoms. The molecular formula is C10H12N2O2. The largest absolute Gasteiger partial charge is 0.476 e. The lowest BCUT2D eigenvalue weighted by Gasteiger charge is -2.19. The van der Waals surface area contributed by atoms with Gasteiger partial charge in [0.1, 0.15) is 0 Å². The predicted octanol–water partition coefficient (Wildman–Crippen LogP) is 1.38. The number of pyridine rings is 1. The highest BCUT2D eigenvalue weighted by Crippen LogP contribution is 2.31. The van der Waals surface area contributed by atoms with Crippen molar-refractivity contribution in [3.05, 3.63) is 24.0 Å². The van der Waals surface area contributed by atoms with E-state index in [0.717, 1.165) is 12.8 Å². The van der Waals surface area contributed by atoms with E-state index in [1.165, 1.54) is 6.20 Å². The van der Waals surface area contributed by atoms with Crippen LogP contribution >= 0.6 is 0 Å². The third-order valence-electron chi connectivity index (χ3n) is 2.46. The number of rotatable bonds is 3. The molecule has 1 aliphatic rings. The average molecular weight is 192 g/mol. The second-order valence-electron chi connectivity index (χ2n) is 3.52. The number of hydrogen-bond donors (Lipinski definition) is 1. The molecule has 0 aliphatic heterocycles. The van der Waals surface area contributed by atoms with Crippen LogP contribution in [0.3, 0.4) is 0 Å². The summed E-state index contributed by atoms with van der Waals surface area (Å²) in [5.41, 5.74) is 0.851. The summed E-state index contributed by atoms with van der Waals surface area (Å²) >= 11 is 0. The Hall–Kier alpha value is -1.58. The van der Waals surface area contributed by atoms with E-state index in [2.05, 4.69) is 4.98 Å². The summed E-state index contributed by atoms with van der Waals surface area (Å²) in [5, 5.41) is 8.93. The van der Waals surface area contributed by atoms with Crippen molar-refractivity contribution in [3.8, 4) is 0 Å². The van der Waals surface area contributed by atoms with E-state index in [1.807, 2.05) is 11.9 Å². The Balaban J connectivity index is 2.34. The summed E-state index contributed by atoms with van der Waals surface area (Å²) in [6.07, 6.45) is 3.79. The monoisotopic (exact) mass is 192 g/mol. The third-order valence-corrected chi connectivity index (χ3v) is 2.46. The van der Waals surface area contributed by atoms with Gasteiger partial charge in [0, 0.05) is 19.3 Å². The molecule has 1 N–H and O–H groups in total. The molecule has 0 saturated heterocycles. The lowest BCUT2D eigenvalue weighted by molar-refractivity contribution is 0.0691. The fourth-order valence-electron chi connectivity index (χ4n) is 1.50. The Labute approximate surface area is 82.2 Å². The zero-order valence-electron chi connectivity index (χ0n) is 7.97. The number of carboxylic acids is 1. The minimum Gasteiger partial charge on any atom is -0.476 e. The molecule has 1 aromatic heterocycles. The van der Waals surface area contributed by atoms with E-state index < -0.39 is 5.97 Å². The average Bonchev–Trinajstić information content (AvgIpc) is 3.00. The number of hydrogen-bond acceptors (Lipinski definition) is 3. The first-order valence-electron chi connectivity index (χ1n) is 4.61. The molecule has 1 aromatic rings. The minimum absolute atomic E-state index is 0.141. The zero-order valence-corrected chi connectivity index (χ0v) is 7.97. The van der Waals surface area contributed by atoms with Crippen LogP contribution in [0.4, 0.5) is 5.69 Å². The van der Waals surface area contributed by atoms with Crippen LogP contribution in [0.25, 0.3) is 0 Å². The van der Waals surface area contributed by atoms with E-state index in [4.69, 9.17) is 5.11 Å². The maximum atomic E-state index is 10.9. The highest BCUT2D eigenvalue weighted by atomic mass is 16.4. The van der Waals surface area contributed by atoms with Crippen molar-refractivity contribution in [3.63, 3.8) is 0 Å². The summed E-state index contributed by atoms with van der Waals surface area (Å²) in [4.78, 5) is 16.7. The van der Waals surface area contributed by atoms with Crippen LogP contribution in [-0.2, 0) is 0 Å². The second kappa shape index (κ2) is 3.29. The van der Waals surface area contributed by atoms with Gasteiger partial charge in [-0.25, -0.2) is 9.78 Å². The van der Waals surface area contributed by atoms with E-state index in [9.17, 15) is 4.79 Å². The predicted molar refractivity (Wildman–Crippen MR) is 52.6 cm³/mol. The van der Waals surface area contributed by atoms with Crippen molar-refractivity contribution in [2.24, 2.45) is 0 Å². The van der Waals surface area contributed by atoms with Gasteiger partial charge in [0.05, 0.1) is 5.69 Å². The van der Waals surface area contributed by atoms with Gasteiger partial charge in [-0.05, 0) is 25.0 Å². The molecule has 0 bridgehead atoms.